The van der Waals surface area contributed by atoms with Crippen molar-refractivity contribution in [3.8, 4) is 11.8 Å². The molecule has 70 valence electrons. The van der Waals surface area contributed by atoms with Crippen LogP contribution in [0.3, 0.4) is 0 Å². The summed E-state index contributed by atoms with van der Waals surface area (Å²) in [5.74, 6) is 6.53. The molecule has 13 heavy (non-hydrogen) atoms. The van der Waals surface area contributed by atoms with Crippen LogP contribution in [0.2, 0.25) is 0 Å². The molecule has 1 nitrogen and oxygen atoms in total. The van der Waals surface area contributed by atoms with Gasteiger partial charge in [0, 0.05) is 0 Å². The third kappa shape index (κ3) is 3.06. The van der Waals surface area contributed by atoms with Gasteiger partial charge in [-0.15, -0.1) is 5.92 Å². The van der Waals surface area contributed by atoms with Gasteiger partial charge in [0.1, 0.15) is 0 Å². The van der Waals surface area contributed by atoms with E-state index in [0.717, 1.165) is 30.8 Å². The fraction of sp³-hybridized carbons (Fsp3) is 0.583. The van der Waals surface area contributed by atoms with Crippen molar-refractivity contribution in [2.24, 2.45) is 5.92 Å². The molecule has 1 rings (SSSR count). The van der Waals surface area contributed by atoms with Gasteiger partial charge in [0.25, 0.3) is 0 Å². The quantitative estimate of drug-likeness (QED) is 0.591. The van der Waals surface area contributed by atoms with E-state index in [9.17, 15) is 4.79 Å². The fourth-order valence-electron chi connectivity index (χ4n) is 1.50. The Bertz CT molecular complexity index is 275. The minimum Gasteiger partial charge on any atom is -0.293 e. The molecule has 1 unspecified atom stereocenters. The van der Waals surface area contributed by atoms with Gasteiger partial charge in [-0.05, 0) is 37.7 Å². The van der Waals surface area contributed by atoms with Crippen molar-refractivity contribution in [1.29, 1.82) is 0 Å². The molecule has 1 aliphatic carbocycles. The average Bonchev–Trinajstić information content (AvgIpc) is 2.15. The molecule has 0 aromatic rings. The zero-order valence-corrected chi connectivity index (χ0v) is 8.39. The normalized spacial score (nSPS) is 21.4. The molecule has 0 spiro atoms. The summed E-state index contributed by atoms with van der Waals surface area (Å²) in [5, 5.41) is 0. The van der Waals surface area contributed by atoms with Crippen LogP contribution >= 0.6 is 0 Å². The van der Waals surface area contributed by atoms with Gasteiger partial charge < -0.3 is 0 Å². The van der Waals surface area contributed by atoms with Crippen LogP contribution in [0.15, 0.2) is 11.6 Å². The first-order valence-electron chi connectivity index (χ1n) is 4.86. The highest BCUT2D eigenvalue weighted by Crippen LogP contribution is 2.23. The van der Waals surface area contributed by atoms with E-state index >= 15 is 0 Å². The SMILES string of the molecule is CC#CCC(=O)C1=CCC(C)CC1. The highest BCUT2D eigenvalue weighted by atomic mass is 16.1. The minimum atomic E-state index is 0.223. The lowest BCUT2D eigenvalue weighted by atomic mass is 9.88. The van der Waals surface area contributed by atoms with Crippen molar-refractivity contribution in [1.82, 2.24) is 0 Å². The van der Waals surface area contributed by atoms with Crippen LogP contribution in [0.5, 0.6) is 0 Å². The van der Waals surface area contributed by atoms with E-state index in [1.165, 1.54) is 0 Å². The van der Waals surface area contributed by atoms with Crippen molar-refractivity contribution < 1.29 is 4.79 Å². The molecule has 0 aromatic carbocycles. The number of carbonyl (C=O) groups excluding carboxylic acids is 1. The summed E-state index contributed by atoms with van der Waals surface area (Å²) in [7, 11) is 0. The largest absolute Gasteiger partial charge is 0.293 e. The van der Waals surface area contributed by atoms with Gasteiger partial charge in [-0.1, -0.05) is 18.9 Å². The van der Waals surface area contributed by atoms with Crippen molar-refractivity contribution in [2.75, 3.05) is 0 Å². The Morgan fingerprint density at radius 1 is 1.69 bits per heavy atom. The van der Waals surface area contributed by atoms with Crippen molar-refractivity contribution in [3.63, 3.8) is 0 Å². The number of rotatable bonds is 2. The Morgan fingerprint density at radius 2 is 2.46 bits per heavy atom. The third-order valence-corrected chi connectivity index (χ3v) is 2.46. The Hall–Kier alpha value is -1.03. The summed E-state index contributed by atoms with van der Waals surface area (Å²) < 4.78 is 0. The molecule has 0 aromatic heterocycles. The topological polar surface area (TPSA) is 17.1 Å². The first-order valence-corrected chi connectivity index (χ1v) is 4.86. The van der Waals surface area contributed by atoms with Gasteiger partial charge in [-0.3, -0.25) is 4.79 Å². The molecular formula is C12H16O. The molecule has 0 aliphatic heterocycles. The molecular weight excluding hydrogens is 160 g/mol. The van der Waals surface area contributed by atoms with Crippen LogP contribution in [0.25, 0.3) is 0 Å². The molecule has 0 radical (unpaired) electrons. The maximum Gasteiger partial charge on any atom is 0.170 e. The first-order chi connectivity index (χ1) is 6.24. The van der Waals surface area contributed by atoms with Crippen LogP contribution in [-0.4, -0.2) is 5.78 Å². The van der Waals surface area contributed by atoms with E-state index in [1.807, 2.05) is 0 Å². The Kier molecular flexibility index (Phi) is 3.76. The fourth-order valence-corrected chi connectivity index (χ4v) is 1.50. The number of hydrogen-bond donors (Lipinski definition) is 0. The van der Waals surface area contributed by atoms with Crippen LogP contribution < -0.4 is 0 Å². The number of Topliss-reactive ketones (excluding diaryl/α,β-unsaturated/α-hetero) is 1. The monoisotopic (exact) mass is 176 g/mol. The van der Waals surface area contributed by atoms with Gasteiger partial charge in [0.2, 0.25) is 0 Å². The van der Waals surface area contributed by atoms with Crippen molar-refractivity contribution in [3.05, 3.63) is 11.6 Å². The van der Waals surface area contributed by atoms with Crippen LogP contribution in [0, 0.1) is 17.8 Å². The second-order valence-corrected chi connectivity index (χ2v) is 3.64. The zero-order chi connectivity index (χ0) is 9.68. The summed E-state index contributed by atoms with van der Waals surface area (Å²) in [4.78, 5) is 11.5. The summed E-state index contributed by atoms with van der Waals surface area (Å²) >= 11 is 0. The van der Waals surface area contributed by atoms with Crippen LogP contribution in [0.4, 0.5) is 0 Å². The summed E-state index contributed by atoms with van der Waals surface area (Å²) in [6.45, 7) is 3.99. The second kappa shape index (κ2) is 4.87. The van der Waals surface area contributed by atoms with Crippen LogP contribution in [-0.2, 0) is 4.79 Å². The van der Waals surface area contributed by atoms with E-state index in [1.54, 1.807) is 6.92 Å². The van der Waals surface area contributed by atoms with Gasteiger partial charge in [0.15, 0.2) is 5.78 Å². The Morgan fingerprint density at radius 3 is 3.00 bits per heavy atom. The van der Waals surface area contributed by atoms with E-state index in [-0.39, 0.29) is 5.78 Å². The number of allylic oxidation sites excluding steroid dienone is 2. The third-order valence-electron chi connectivity index (χ3n) is 2.46. The highest BCUT2D eigenvalue weighted by molar-refractivity contribution is 5.96. The molecule has 0 saturated carbocycles. The summed E-state index contributed by atoms with van der Waals surface area (Å²) in [5.41, 5.74) is 1.00. The number of hydrogen-bond acceptors (Lipinski definition) is 1. The maximum absolute atomic E-state index is 11.5. The molecule has 0 amide bonds. The zero-order valence-electron chi connectivity index (χ0n) is 8.39. The first kappa shape index (κ1) is 10.1. The predicted octanol–water partition coefficient (Wildman–Crippen LogP) is 2.72. The molecule has 1 atom stereocenters. The lowest BCUT2D eigenvalue weighted by Gasteiger charge is -2.16. The van der Waals surface area contributed by atoms with E-state index in [0.29, 0.717) is 6.42 Å². The van der Waals surface area contributed by atoms with Gasteiger partial charge in [-0.25, -0.2) is 0 Å². The van der Waals surface area contributed by atoms with Crippen molar-refractivity contribution >= 4 is 5.78 Å². The lowest BCUT2D eigenvalue weighted by Crippen LogP contribution is -2.08. The Balaban J connectivity index is 2.51. The summed E-state index contributed by atoms with van der Waals surface area (Å²) in [6.07, 6.45) is 5.65. The van der Waals surface area contributed by atoms with E-state index < -0.39 is 0 Å². The van der Waals surface area contributed by atoms with Gasteiger partial charge in [-0.2, -0.15) is 0 Å². The number of carbonyl (C=O) groups is 1. The van der Waals surface area contributed by atoms with E-state index in [4.69, 9.17) is 0 Å². The second-order valence-electron chi connectivity index (χ2n) is 3.64. The van der Waals surface area contributed by atoms with Crippen molar-refractivity contribution in [2.45, 2.75) is 39.5 Å². The van der Waals surface area contributed by atoms with Gasteiger partial charge >= 0.3 is 0 Å². The standard InChI is InChI=1S/C12H16O/c1-3-4-5-12(13)11-8-6-10(2)7-9-11/h8,10H,5-7,9H2,1-2H3. The smallest absolute Gasteiger partial charge is 0.170 e. The molecule has 0 saturated heterocycles. The molecule has 1 heteroatoms. The lowest BCUT2D eigenvalue weighted by molar-refractivity contribution is -0.114. The summed E-state index contributed by atoms with van der Waals surface area (Å²) in [6, 6.07) is 0. The van der Waals surface area contributed by atoms with Crippen LogP contribution in [0.1, 0.15) is 39.5 Å². The predicted molar refractivity (Wildman–Crippen MR) is 54.2 cm³/mol. The molecule has 0 bridgehead atoms. The molecule has 1 aliphatic rings. The average molecular weight is 176 g/mol. The van der Waals surface area contributed by atoms with E-state index in [2.05, 4.69) is 24.8 Å². The molecule has 0 N–H and O–H groups in total. The Labute approximate surface area is 80.2 Å². The minimum absolute atomic E-state index is 0.223. The highest BCUT2D eigenvalue weighted by Gasteiger charge is 2.14. The molecule has 0 fully saturated rings. The van der Waals surface area contributed by atoms with Gasteiger partial charge in [0.05, 0.1) is 6.42 Å². The molecule has 0 heterocycles. The maximum atomic E-state index is 11.5. The number of ketones is 1.